The molecule has 8 N–H and O–H groups in total. The Balaban J connectivity index is 0.00000128. The first-order valence-corrected chi connectivity index (χ1v) is 14.5. The van der Waals surface area contributed by atoms with Gasteiger partial charge in [-0.3, -0.25) is 9.78 Å². The van der Waals surface area contributed by atoms with Gasteiger partial charge in [0.15, 0.2) is 11.6 Å². The van der Waals surface area contributed by atoms with E-state index < -0.39 is 23.4 Å². The van der Waals surface area contributed by atoms with Crippen LogP contribution in [0.15, 0.2) is 54.9 Å². The van der Waals surface area contributed by atoms with Crippen LogP contribution in [0.2, 0.25) is 0 Å². The minimum absolute atomic E-state index is 0.0184. The Bertz CT molecular complexity index is 1240. The minimum Gasteiger partial charge on any atom is -0.400 e. The van der Waals surface area contributed by atoms with Crippen molar-refractivity contribution in [3.63, 3.8) is 0 Å². The first kappa shape index (κ1) is 38.6. The minimum atomic E-state index is -1.01. The second kappa shape index (κ2) is 21.3. The molecule has 1 saturated heterocycles. The number of aliphatic hydroxyl groups is 2. The maximum absolute atomic E-state index is 14.0. The number of hydrogen-bond acceptors (Lipinski definition) is 8. The molecule has 244 valence electrons. The Hall–Kier alpha value is -3.39. The van der Waals surface area contributed by atoms with Gasteiger partial charge in [-0.2, -0.15) is 0 Å². The normalized spacial score (nSPS) is 16.2. The van der Waals surface area contributed by atoms with Gasteiger partial charge < -0.3 is 37.1 Å². The fraction of sp³-hybridized carbons (Fsp3) is 0.438. The largest absolute Gasteiger partial charge is 0.400 e. The van der Waals surface area contributed by atoms with E-state index in [0.717, 1.165) is 30.4 Å². The maximum Gasteiger partial charge on any atom is 0.225 e. The molecule has 0 aliphatic carbocycles. The lowest BCUT2D eigenvalue weighted by molar-refractivity contribution is -0.116. The van der Waals surface area contributed by atoms with Crippen LogP contribution in [0.4, 0.5) is 18.9 Å². The van der Waals surface area contributed by atoms with Gasteiger partial charge in [0.1, 0.15) is 5.82 Å². The number of nitrogens with one attached hydrogen (secondary N) is 2. The number of anilines is 1. The summed E-state index contributed by atoms with van der Waals surface area (Å²) in [5.74, 6) is -3.38. The molecule has 0 bridgehead atoms. The number of morpholine rings is 1. The quantitative estimate of drug-likeness (QED) is 0.198. The predicted octanol–water partition coefficient (Wildman–Crippen LogP) is 3.75. The van der Waals surface area contributed by atoms with E-state index in [4.69, 9.17) is 9.84 Å². The molecule has 0 unspecified atom stereocenters. The number of aliphatic hydroxyl groups excluding tert-OH is 2. The third kappa shape index (κ3) is 12.3. The highest BCUT2D eigenvalue weighted by Gasteiger charge is 2.23. The topological polar surface area (TPSA) is 156 Å². The molecule has 1 aliphatic heterocycles. The van der Waals surface area contributed by atoms with Crippen molar-refractivity contribution in [2.24, 2.45) is 11.5 Å². The number of benzene rings is 2. The average molecular weight is 622 g/mol. The summed E-state index contributed by atoms with van der Waals surface area (Å²) >= 11 is 0. The third-order valence-corrected chi connectivity index (χ3v) is 6.66. The van der Waals surface area contributed by atoms with Crippen LogP contribution < -0.4 is 22.1 Å². The SMILES string of the molecule is CC.CO.Cc1cncc(NC(=O)C[C@@H](c2ccc(F)cc2)c2ccc(F)c(F)c2)c1CC[C@@H]1CN[C@H](CO)CO1.NCN. The van der Waals surface area contributed by atoms with Crippen LogP contribution in [0.25, 0.3) is 0 Å². The Morgan fingerprint density at radius 2 is 1.70 bits per heavy atom. The van der Waals surface area contributed by atoms with Gasteiger partial charge in [-0.05, 0) is 66.3 Å². The lowest BCUT2D eigenvalue weighted by Crippen LogP contribution is -2.48. The molecule has 44 heavy (non-hydrogen) atoms. The highest BCUT2D eigenvalue weighted by Crippen LogP contribution is 2.30. The Kier molecular flexibility index (Phi) is 18.7. The van der Waals surface area contributed by atoms with Crippen molar-refractivity contribution in [1.29, 1.82) is 0 Å². The van der Waals surface area contributed by atoms with Gasteiger partial charge in [-0.15, -0.1) is 0 Å². The molecule has 1 fully saturated rings. The molecule has 0 spiro atoms. The molecule has 9 nitrogen and oxygen atoms in total. The van der Waals surface area contributed by atoms with Crippen LogP contribution in [0.3, 0.4) is 0 Å². The number of halogens is 3. The number of pyridine rings is 1. The van der Waals surface area contributed by atoms with Crippen LogP contribution in [0, 0.1) is 24.4 Å². The average Bonchev–Trinajstić information content (AvgIpc) is 3.04. The zero-order valence-electron chi connectivity index (χ0n) is 25.8. The van der Waals surface area contributed by atoms with Crippen molar-refractivity contribution < 1.29 is 32.9 Å². The van der Waals surface area contributed by atoms with Gasteiger partial charge in [0.2, 0.25) is 5.91 Å². The molecule has 3 aromatic rings. The van der Waals surface area contributed by atoms with Crippen LogP contribution >= 0.6 is 0 Å². The molecule has 1 aliphatic rings. The Morgan fingerprint density at radius 3 is 2.27 bits per heavy atom. The molecule has 2 heterocycles. The molecule has 1 amide bonds. The highest BCUT2D eigenvalue weighted by molar-refractivity contribution is 5.92. The standard InChI is InChI=1S/C28H30F3N3O3.C2H6.CH6N2.CH4O/c1-17-12-32-14-27(23(17)8-7-22-13-33-21(15-35)16-37-22)34-28(36)11-24(18-2-5-20(29)6-3-18)19-4-9-25(30)26(31)10-19;1-2;2-1-3;1-2/h2-6,9-10,12,14,21-22,24,33,35H,7-8,11,13,15-16H2,1H3,(H,34,36);1-2H3;1-3H2;2H,1H3/t21-,22-,24+;;;/m1.../s1. The van der Waals surface area contributed by atoms with Gasteiger partial charge in [-0.1, -0.05) is 32.0 Å². The summed E-state index contributed by atoms with van der Waals surface area (Å²) in [6.45, 7) is 7.26. The molecule has 4 rings (SSSR count). The lowest BCUT2D eigenvalue weighted by atomic mass is 9.88. The van der Waals surface area contributed by atoms with Crippen molar-refractivity contribution in [3.8, 4) is 0 Å². The number of aryl methyl sites for hydroxylation is 1. The number of carbonyl (C=O) groups is 1. The maximum atomic E-state index is 14.0. The molecule has 2 aromatic carbocycles. The third-order valence-electron chi connectivity index (χ3n) is 6.66. The molecule has 0 saturated carbocycles. The summed E-state index contributed by atoms with van der Waals surface area (Å²) in [6.07, 6.45) is 4.59. The van der Waals surface area contributed by atoms with Gasteiger partial charge >= 0.3 is 0 Å². The van der Waals surface area contributed by atoms with Crippen molar-refractivity contribution in [2.75, 3.05) is 38.9 Å². The summed E-state index contributed by atoms with van der Waals surface area (Å²) in [5, 5.41) is 22.4. The number of hydrogen-bond donors (Lipinski definition) is 6. The van der Waals surface area contributed by atoms with E-state index in [-0.39, 0.29) is 37.7 Å². The van der Waals surface area contributed by atoms with Crippen LogP contribution in [-0.2, 0) is 16.0 Å². The zero-order chi connectivity index (χ0) is 33.1. The summed E-state index contributed by atoms with van der Waals surface area (Å²) in [5.41, 5.74) is 12.7. The highest BCUT2D eigenvalue weighted by atomic mass is 19.2. The van der Waals surface area contributed by atoms with E-state index in [2.05, 4.69) is 27.1 Å². The van der Waals surface area contributed by atoms with Crippen LogP contribution in [-0.4, -0.2) is 66.8 Å². The van der Waals surface area contributed by atoms with Crippen molar-refractivity contribution in [2.45, 2.75) is 58.1 Å². The van der Waals surface area contributed by atoms with E-state index in [1.54, 1.807) is 12.4 Å². The molecule has 1 aromatic heterocycles. The number of nitrogens with two attached hydrogens (primary N) is 2. The number of ether oxygens (including phenoxy) is 1. The number of amides is 1. The van der Waals surface area contributed by atoms with Gasteiger partial charge in [0.25, 0.3) is 0 Å². The summed E-state index contributed by atoms with van der Waals surface area (Å²) in [6, 6.07) is 9.07. The zero-order valence-corrected chi connectivity index (χ0v) is 25.8. The van der Waals surface area contributed by atoms with Gasteiger partial charge in [0, 0.05) is 38.9 Å². The second-order valence-electron chi connectivity index (χ2n) is 9.53. The van der Waals surface area contributed by atoms with Crippen LogP contribution in [0.1, 0.15) is 54.9 Å². The first-order chi connectivity index (χ1) is 21.2. The van der Waals surface area contributed by atoms with E-state index in [1.165, 1.54) is 30.3 Å². The lowest BCUT2D eigenvalue weighted by Gasteiger charge is -2.29. The summed E-state index contributed by atoms with van der Waals surface area (Å²) in [4.78, 5) is 17.4. The Morgan fingerprint density at radius 1 is 1.07 bits per heavy atom. The van der Waals surface area contributed by atoms with E-state index in [9.17, 15) is 23.1 Å². The number of nitrogens with zero attached hydrogens (tertiary/aromatic N) is 1. The van der Waals surface area contributed by atoms with E-state index in [1.807, 2.05) is 20.8 Å². The molecule has 3 atom stereocenters. The van der Waals surface area contributed by atoms with Crippen molar-refractivity contribution >= 4 is 11.6 Å². The summed E-state index contributed by atoms with van der Waals surface area (Å²) in [7, 11) is 1.00. The van der Waals surface area contributed by atoms with E-state index >= 15 is 0 Å². The van der Waals surface area contributed by atoms with Crippen LogP contribution in [0.5, 0.6) is 0 Å². The monoisotopic (exact) mass is 621 g/mol. The Labute approximate surface area is 257 Å². The van der Waals surface area contributed by atoms with Crippen molar-refractivity contribution in [3.05, 3.63) is 94.6 Å². The smallest absolute Gasteiger partial charge is 0.225 e. The second-order valence-corrected chi connectivity index (χ2v) is 9.53. The summed E-state index contributed by atoms with van der Waals surface area (Å²) < 4.78 is 46.9. The molecular weight excluding hydrogens is 575 g/mol. The fourth-order valence-electron chi connectivity index (χ4n) is 4.55. The number of rotatable bonds is 9. The first-order valence-electron chi connectivity index (χ1n) is 14.5. The van der Waals surface area contributed by atoms with E-state index in [0.29, 0.717) is 42.8 Å². The van der Waals surface area contributed by atoms with Gasteiger partial charge in [-0.25, -0.2) is 13.2 Å². The fourth-order valence-corrected chi connectivity index (χ4v) is 4.55. The van der Waals surface area contributed by atoms with Gasteiger partial charge in [0.05, 0.1) is 37.2 Å². The molecule has 0 radical (unpaired) electrons. The predicted molar refractivity (Wildman–Crippen MR) is 166 cm³/mol. The number of aromatic nitrogens is 1. The molecule has 12 heteroatoms. The molecular formula is C32H46F3N5O4. The number of carbonyl (C=O) groups excluding carboxylic acids is 1. The van der Waals surface area contributed by atoms with Crippen molar-refractivity contribution in [1.82, 2.24) is 10.3 Å².